The average Bonchev–Trinajstić information content (AvgIpc) is 2.91. The van der Waals surface area contributed by atoms with Gasteiger partial charge in [-0.15, -0.1) is 0 Å². The van der Waals surface area contributed by atoms with E-state index in [2.05, 4.69) is 45.2 Å². The molecule has 0 spiro atoms. The minimum absolute atomic E-state index is 0.416. The highest BCUT2D eigenvalue weighted by Gasteiger charge is 2.27. The Hall–Kier alpha value is -2.60. The van der Waals surface area contributed by atoms with Crippen LogP contribution in [0.25, 0.3) is 32.7 Å². The van der Waals surface area contributed by atoms with Crippen molar-refractivity contribution in [2.24, 2.45) is 0 Å². The molecule has 0 N–H and O–H groups in total. The smallest absolute Gasteiger partial charge is 0.408 e. The Morgan fingerprint density at radius 2 is 0.974 bits per heavy atom. The second-order valence-corrected chi connectivity index (χ2v) is 11.0. The summed E-state index contributed by atoms with van der Waals surface area (Å²) in [6.45, 7) is 9.84. The highest BCUT2D eigenvalue weighted by Crippen LogP contribution is 2.49. The maximum atomic E-state index is 13.2. The molecule has 0 aromatic heterocycles. The first-order valence-corrected chi connectivity index (χ1v) is 14.9. The Labute approximate surface area is 250 Å². The van der Waals surface area contributed by atoms with E-state index < -0.39 is 12.2 Å². The van der Waals surface area contributed by atoms with Gasteiger partial charge in [-0.05, 0) is 107 Å². The number of carbonyl (C=O) groups is 2. The van der Waals surface area contributed by atoms with Crippen LogP contribution in [0.2, 0.25) is 0 Å². The molecule has 0 unspecified atom stereocenters. The van der Waals surface area contributed by atoms with E-state index in [0.29, 0.717) is 37.7 Å². The number of hydrogen-bond acceptors (Lipinski definition) is 4. The van der Waals surface area contributed by atoms with Crippen LogP contribution < -0.4 is 9.47 Å². The summed E-state index contributed by atoms with van der Waals surface area (Å²) in [5, 5.41) is 3.81. The molecule has 0 aliphatic heterocycles. The second-order valence-electron chi connectivity index (χ2n) is 8.65. The summed E-state index contributed by atoms with van der Waals surface area (Å²) in [5.41, 5.74) is 1.45. The van der Waals surface area contributed by atoms with Crippen LogP contribution in [0.3, 0.4) is 0 Å². The van der Waals surface area contributed by atoms with Gasteiger partial charge >= 0.3 is 12.2 Å². The first-order chi connectivity index (χ1) is 18.3. The van der Waals surface area contributed by atoms with Gasteiger partial charge in [0.15, 0.2) is 11.5 Å². The number of benzene rings is 4. The quantitative estimate of drug-likeness (QED) is 0.179. The highest BCUT2D eigenvalue weighted by atomic mass is 127. The van der Waals surface area contributed by atoms with E-state index >= 15 is 0 Å². The molecule has 0 atom stereocenters. The lowest BCUT2D eigenvalue weighted by Gasteiger charge is -2.24. The summed E-state index contributed by atoms with van der Waals surface area (Å²) in [5.74, 6) is 0.905. The molecule has 4 rings (SSSR count). The molecule has 0 bridgehead atoms. The zero-order valence-electron chi connectivity index (χ0n) is 21.9. The van der Waals surface area contributed by atoms with Gasteiger partial charge in [-0.1, -0.05) is 48.5 Å². The fourth-order valence-electron chi connectivity index (χ4n) is 4.55. The topological polar surface area (TPSA) is 59.1 Å². The van der Waals surface area contributed by atoms with Crippen LogP contribution in [-0.2, 0) is 0 Å². The predicted molar refractivity (Wildman–Crippen MR) is 170 cm³/mol. The number of fused-ring (bicyclic) bond motifs is 2. The van der Waals surface area contributed by atoms with E-state index in [4.69, 9.17) is 9.47 Å². The van der Waals surface area contributed by atoms with Crippen molar-refractivity contribution in [3.05, 3.63) is 67.8 Å². The third-order valence-corrected chi connectivity index (χ3v) is 8.19. The van der Waals surface area contributed by atoms with Crippen molar-refractivity contribution >= 4 is 78.9 Å². The monoisotopic (exact) mass is 736 g/mol. The predicted octanol–water partition coefficient (Wildman–Crippen LogP) is 8.55. The molecular weight excluding hydrogens is 706 g/mol. The van der Waals surface area contributed by atoms with Gasteiger partial charge in [0.05, 0.1) is 7.14 Å². The molecule has 0 aliphatic rings. The van der Waals surface area contributed by atoms with Crippen molar-refractivity contribution in [3.63, 3.8) is 0 Å². The third kappa shape index (κ3) is 5.56. The zero-order valence-corrected chi connectivity index (χ0v) is 26.2. The van der Waals surface area contributed by atoms with Gasteiger partial charge in [0, 0.05) is 37.3 Å². The molecule has 0 saturated heterocycles. The van der Waals surface area contributed by atoms with Gasteiger partial charge < -0.3 is 19.3 Å². The highest BCUT2D eigenvalue weighted by molar-refractivity contribution is 14.1. The lowest BCUT2D eigenvalue weighted by atomic mass is 9.92. The van der Waals surface area contributed by atoms with E-state index in [0.717, 1.165) is 39.8 Å². The lowest BCUT2D eigenvalue weighted by molar-refractivity contribution is 0.155. The molecule has 6 nitrogen and oxygen atoms in total. The molecule has 4 aromatic carbocycles. The van der Waals surface area contributed by atoms with E-state index in [1.807, 2.05) is 88.4 Å². The fourth-order valence-corrected chi connectivity index (χ4v) is 5.98. The number of nitrogens with zero attached hydrogens (tertiary/aromatic N) is 2. The number of ether oxygens (including phenoxy) is 2. The molecule has 4 aromatic rings. The summed E-state index contributed by atoms with van der Waals surface area (Å²) < 4.78 is 13.9. The Balaban J connectivity index is 2.09. The maximum absolute atomic E-state index is 13.2. The van der Waals surface area contributed by atoms with Crippen LogP contribution in [0.1, 0.15) is 27.7 Å². The third-order valence-electron chi connectivity index (χ3n) is 6.58. The van der Waals surface area contributed by atoms with Crippen molar-refractivity contribution in [1.29, 1.82) is 0 Å². The van der Waals surface area contributed by atoms with Gasteiger partial charge in [-0.3, -0.25) is 0 Å². The van der Waals surface area contributed by atoms with Gasteiger partial charge in [0.2, 0.25) is 0 Å². The molecule has 198 valence electrons. The molecule has 2 amide bonds. The second kappa shape index (κ2) is 12.5. The van der Waals surface area contributed by atoms with Crippen LogP contribution in [0.5, 0.6) is 11.5 Å². The Kier molecular flexibility index (Phi) is 9.35. The molecule has 8 heteroatoms. The van der Waals surface area contributed by atoms with Crippen LogP contribution in [0.4, 0.5) is 9.59 Å². The number of rotatable bonds is 7. The van der Waals surface area contributed by atoms with E-state index in [1.165, 1.54) is 0 Å². The average molecular weight is 736 g/mol. The van der Waals surface area contributed by atoms with Crippen LogP contribution >= 0.6 is 45.2 Å². The van der Waals surface area contributed by atoms with E-state index in [9.17, 15) is 9.59 Å². The first kappa shape index (κ1) is 28.4. The molecule has 0 fully saturated rings. The molecule has 0 radical (unpaired) electrons. The molecule has 0 aliphatic carbocycles. The van der Waals surface area contributed by atoms with Gasteiger partial charge in [0.25, 0.3) is 0 Å². The number of halogens is 2. The van der Waals surface area contributed by atoms with Crippen LogP contribution in [-0.4, -0.2) is 48.2 Å². The zero-order chi connectivity index (χ0) is 27.4. The standard InChI is InChI=1S/C30H30I2N2O4/c1-5-33(6-2)29(35)37-27-23(31)17-19-13-9-11-15-21(19)25(27)26-22-16-12-10-14-20(22)18-24(32)28(26)38-30(36)34(7-3)8-4/h9-18H,5-8H2,1-4H3. The van der Waals surface area contributed by atoms with Gasteiger partial charge in [-0.25, -0.2) is 9.59 Å². The minimum atomic E-state index is -0.416. The molecular formula is C30H30I2N2O4. The lowest BCUT2D eigenvalue weighted by Crippen LogP contribution is -2.33. The normalized spacial score (nSPS) is 11.0. The summed E-state index contributed by atoms with van der Waals surface area (Å²) in [7, 11) is 0. The van der Waals surface area contributed by atoms with Crippen molar-refractivity contribution in [2.45, 2.75) is 27.7 Å². The number of hydrogen-bond donors (Lipinski definition) is 0. The SMILES string of the molecule is CCN(CC)C(=O)Oc1c(I)cc2ccccc2c1-c1c(OC(=O)N(CC)CC)c(I)cc2ccccc12. The number of amides is 2. The first-order valence-electron chi connectivity index (χ1n) is 12.7. The molecule has 0 saturated carbocycles. The largest absolute Gasteiger partial charge is 0.415 e. The van der Waals surface area contributed by atoms with Gasteiger partial charge in [0.1, 0.15) is 0 Å². The van der Waals surface area contributed by atoms with Crippen molar-refractivity contribution in [1.82, 2.24) is 9.80 Å². The fraction of sp³-hybridized carbons (Fsp3) is 0.267. The van der Waals surface area contributed by atoms with Crippen LogP contribution in [0.15, 0.2) is 60.7 Å². The summed E-state index contributed by atoms with van der Waals surface area (Å²) in [6, 6.07) is 20.0. The van der Waals surface area contributed by atoms with E-state index in [1.54, 1.807) is 9.80 Å². The Morgan fingerprint density at radius 1 is 0.632 bits per heavy atom. The van der Waals surface area contributed by atoms with Gasteiger partial charge in [-0.2, -0.15) is 0 Å². The number of carbonyl (C=O) groups excluding carboxylic acids is 2. The Morgan fingerprint density at radius 3 is 1.32 bits per heavy atom. The van der Waals surface area contributed by atoms with Crippen molar-refractivity contribution in [3.8, 4) is 22.6 Å². The maximum Gasteiger partial charge on any atom is 0.415 e. The molecule has 0 heterocycles. The summed E-state index contributed by atoms with van der Waals surface area (Å²) >= 11 is 4.44. The minimum Gasteiger partial charge on any atom is -0.408 e. The van der Waals surface area contributed by atoms with Crippen molar-refractivity contribution in [2.75, 3.05) is 26.2 Å². The Bertz CT molecular complexity index is 1380. The summed E-state index contributed by atoms with van der Waals surface area (Å²) in [4.78, 5) is 29.7. The molecule has 38 heavy (non-hydrogen) atoms. The van der Waals surface area contributed by atoms with Crippen molar-refractivity contribution < 1.29 is 19.1 Å². The van der Waals surface area contributed by atoms with Crippen LogP contribution in [0, 0.1) is 7.14 Å². The van der Waals surface area contributed by atoms with E-state index in [-0.39, 0.29) is 0 Å². The summed E-state index contributed by atoms with van der Waals surface area (Å²) in [6.07, 6.45) is -0.831.